The number of hydrogen-bond acceptors (Lipinski definition) is 8. The Morgan fingerprint density at radius 3 is 2.35 bits per heavy atom. The number of carbonyl (C=O) groups is 2. The summed E-state index contributed by atoms with van der Waals surface area (Å²) in [6.45, 7) is 2.12. The summed E-state index contributed by atoms with van der Waals surface area (Å²) < 4.78 is 58.3. The number of fused-ring (bicyclic) bond motifs is 1. The van der Waals surface area contributed by atoms with Crippen LogP contribution in [-0.4, -0.2) is 63.5 Å². The van der Waals surface area contributed by atoms with Gasteiger partial charge in [-0.1, -0.05) is 17.8 Å². The smallest absolute Gasteiger partial charge is 0.325 e. The van der Waals surface area contributed by atoms with Crippen LogP contribution in [0.25, 0.3) is 10.2 Å². The van der Waals surface area contributed by atoms with Crippen LogP contribution >= 0.6 is 11.3 Å². The number of thiazole rings is 1. The van der Waals surface area contributed by atoms with Crippen LogP contribution in [0.1, 0.15) is 36.5 Å². The Labute approximate surface area is 219 Å². The number of amides is 1. The molecule has 37 heavy (non-hydrogen) atoms. The number of aromatic nitrogens is 1. The van der Waals surface area contributed by atoms with Gasteiger partial charge in [-0.05, 0) is 62.2 Å². The second-order valence-corrected chi connectivity index (χ2v) is 13.8. The second-order valence-electron chi connectivity index (χ2n) is 8.85. The molecule has 1 saturated heterocycles. The number of carbonyl (C=O) groups excluding carboxylic acids is 2. The number of nitrogens with zero attached hydrogens (tertiary/aromatic N) is 3. The average Bonchev–Trinajstić information content (AvgIpc) is 3.19. The van der Waals surface area contributed by atoms with Crippen molar-refractivity contribution in [3.8, 4) is 0 Å². The zero-order valence-corrected chi connectivity index (χ0v) is 23.0. The van der Waals surface area contributed by atoms with E-state index in [-0.39, 0.29) is 32.7 Å². The predicted molar refractivity (Wildman–Crippen MR) is 138 cm³/mol. The van der Waals surface area contributed by atoms with Crippen molar-refractivity contribution in [2.24, 2.45) is 4.99 Å². The van der Waals surface area contributed by atoms with E-state index in [1.54, 1.807) is 6.07 Å². The van der Waals surface area contributed by atoms with Crippen molar-refractivity contribution < 1.29 is 31.2 Å². The maximum absolute atomic E-state index is 13.1. The van der Waals surface area contributed by atoms with Gasteiger partial charge in [-0.3, -0.25) is 9.59 Å². The van der Waals surface area contributed by atoms with Gasteiger partial charge in [0.05, 0.1) is 27.1 Å². The van der Waals surface area contributed by atoms with Gasteiger partial charge in [-0.2, -0.15) is 9.30 Å². The molecule has 13 heteroatoms. The van der Waals surface area contributed by atoms with E-state index in [1.165, 1.54) is 52.4 Å². The van der Waals surface area contributed by atoms with Crippen molar-refractivity contribution in [1.29, 1.82) is 0 Å². The number of piperidine rings is 1. The van der Waals surface area contributed by atoms with Crippen LogP contribution < -0.4 is 4.80 Å². The molecular weight excluding hydrogens is 538 g/mol. The summed E-state index contributed by atoms with van der Waals surface area (Å²) in [7, 11) is -5.91. The molecule has 3 aromatic rings. The lowest BCUT2D eigenvalue weighted by Crippen LogP contribution is -2.41. The van der Waals surface area contributed by atoms with Crippen LogP contribution in [0.2, 0.25) is 0 Å². The molecule has 1 unspecified atom stereocenters. The fraction of sp³-hybridized carbons (Fsp3) is 0.375. The number of hydrogen-bond donors (Lipinski definition) is 0. The molecule has 1 amide bonds. The summed E-state index contributed by atoms with van der Waals surface area (Å²) in [4.78, 5) is 29.6. The van der Waals surface area contributed by atoms with E-state index in [0.717, 1.165) is 36.9 Å². The largest absolute Gasteiger partial charge is 0.468 e. The molecular formula is C24H27N3O7S3. The number of sulfone groups is 1. The Morgan fingerprint density at radius 2 is 1.73 bits per heavy atom. The van der Waals surface area contributed by atoms with Gasteiger partial charge in [-0.15, -0.1) is 0 Å². The van der Waals surface area contributed by atoms with Crippen LogP contribution in [0.3, 0.4) is 0 Å². The lowest BCUT2D eigenvalue weighted by molar-refractivity contribution is -0.141. The third-order valence-corrected chi connectivity index (χ3v) is 10.4. The molecule has 1 atom stereocenters. The highest BCUT2D eigenvalue weighted by atomic mass is 32.2. The van der Waals surface area contributed by atoms with Crippen LogP contribution in [0.5, 0.6) is 0 Å². The van der Waals surface area contributed by atoms with Crippen molar-refractivity contribution in [2.75, 3.05) is 19.9 Å². The average molecular weight is 566 g/mol. The van der Waals surface area contributed by atoms with E-state index in [9.17, 15) is 26.4 Å². The highest BCUT2D eigenvalue weighted by molar-refractivity contribution is 7.90. The first-order valence-electron chi connectivity index (χ1n) is 11.5. The molecule has 0 aliphatic carbocycles. The van der Waals surface area contributed by atoms with Gasteiger partial charge in [0.25, 0.3) is 5.91 Å². The van der Waals surface area contributed by atoms with Crippen LogP contribution in [0, 0.1) is 0 Å². The van der Waals surface area contributed by atoms with Crippen LogP contribution in [0.15, 0.2) is 57.2 Å². The quantitative estimate of drug-likeness (QED) is 0.420. The molecule has 1 aromatic heterocycles. The predicted octanol–water partition coefficient (Wildman–Crippen LogP) is 2.58. The van der Waals surface area contributed by atoms with Gasteiger partial charge in [0.1, 0.15) is 6.54 Å². The molecule has 1 aliphatic heterocycles. The van der Waals surface area contributed by atoms with Gasteiger partial charge in [0.15, 0.2) is 14.6 Å². The van der Waals surface area contributed by atoms with Gasteiger partial charge in [0.2, 0.25) is 10.0 Å². The fourth-order valence-corrected chi connectivity index (χ4v) is 7.69. The summed E-state index contributed by atoms with van der Waals surface area (Å²) in [5.41, 5.74) is 0.691. The second kappa shape index (κ2) is 10.5. The standard InChI is InChI=1S/C24H27N3O7S3/c1-16-6-4-5-13-27(16)37(32,33)18-9-7-17(8-10-18)23(29)25-24-26(15-22(28)34-2)20-12-11-19(36(3,30)31)14-21(20)35-24/h7-12,14,16H,4-6,13,15H2,1-3H3. The zero-order chi connectivity index (χ0) is 27.0. The summed E-state index contributed by atoms with van der Waals surface area (Å²) in [5, 5.41) is 0. The zero-order valence-electron chi connectivity index (χ0n) is 20.6. The fourth-order valence-electron chi connectivity index (χ4n) is 4.20. The Kier molecular flexibility index (Phi) is 7.70. The maximum Gasteiger partial charge on any atom is 0.325 e. The van der Waals surface area contributed by atoms with Crippen molar-refractivity contribution >= 4 is 53.3 Å². The van der Waals surface area contributed by atoms with Gasteiger partial charge in [0, 0.05) is 24.4 Å². The topological polar surface area (TPSA) is 132 Å². The first kappa shape index (κ1) is 27.2. The number of sulfonamides is 1. The van der Waals surface area contributed by atoms with E-state index in [2.05, 4.69) is 4.99 Å². The third kappa shape index (κ3) is 5.69. The SMILES string of the molecule is COC(=O)Cn1c(=NC(=O)c2ccc(S(=O)(=O)N3CCCCC3C)cc2)sc2cc(S(C)(=O)=O)ccc21. The van der Waals surface area contributed by atoms with Crippen LogP contribution in [-0.2, 0) is 35.9 Å². The molecule has 1 aliphatic rings. The lowest BCUT2D eigenvalue weighted by Gasteiger charge is -2.32. The first-order valence-corrected chi connectivity index (χ1v) is 15.7. The summed E-state index contributed by atoms with van der Waals surface area (Å²) in [6.07, 6.45) is 3.70. The highest BCUT2D eigenvalue weighted by Crippen LogP contribution is 2.26. The molecule has 0 N–H and O–H groups in total. The number of ether oxygens (including phenoxy) is 1. The van der Waals surface area contributed by atoms with E-state index < -0.39 is 31.7 Å². The minimum absolute atomic E-state index is 0.0866. The normalized spacial score (nSPS) is 17.7. The van der Waals surface area contributed by atoms with Crippen LogP contribution in [0.4, 0.5) is 0 Å². The van der Waals surface area contributed by atoms with E-state index in [0.29, 0.717) is 16.8 Å². The van der Waals surface area contributed by atoms with E-state index >= 15 is 0 Å². The Balaban J connectivity index is 1.71. The first-order chi connectivity index (χ1) is 17.4. The molecule has 1 fully saturated rings. The minimum atomic E-state index is -3.68. The number of rotatable bonds is 6. The number of esters is 1. The third-order valence-electron chi connectivity index (χ3n) is 6.24. The van der Waals surface area contributed by atoms with Gasteiger partial charge < -0.3 is 9.30 Å². The highest BCUT2D eigenvalue weighted by Gasteiger charge is 2.31. The van der Waals surface area contributed by atoms with Crippen molar-refractivity contribution in [3.63, 3.8) is 0 Å². The molecule has 4 rings (SSSR count). The van der Waals surface area contributed by atoms with Gasteiger partial charge >= 0.3 is 5.97 Å². The molecule has 2 heterocycles. The minimum Gasteiger partial charge on any atom is -0.468 e. The molecule has 0 bridgehead atoms. The van der Waals surface area contributed by atoms with Crippen molar-refractivity contribution in [2.45, 2.75) is 48.6 Å². The van der Waals surface area contributed by atoms with Crippen molar-refractivity contribution in [1.82, 2.24) is 8.87 Å². The molecule has 0 spiro atoms. The summed E-state index contributed by atoms with van der Waals surface area (Å²) >= 11 is 1.06. The molecule has 198 valence electrons. The molecule has 2 aromatic carbocycles. The Morgan fingerprint density at radius 1 is 1.05 bits per heavy atom. The van der Waals surface area contributed by atoms with E-state index in [1.807, 2.05) is 6.92 Å². The molecule has 0 saturated carbocycles. The van der Waals surface area contributed by atoms with Crippen molar-refractivity contribution in [3.05, 3.63) is 52.8 Å². The maximum atomic E-state index is 13.1. The summed E-state index contributed by atoms with van der Waals surface area (Å²) in [6, 6.07) is 9.96. The molecule has 10 nitrogen and oxygen atoms in total. The Hall–Kier alpha value is -2.87. The summed E-state index contributed by atoms with van der Waals surface area (Å²) in [5.74, 6) is -1.20. The monoisotopic (exact) mass is 565 g/mol. The number of methoxy groups -OCH3 is 1. The van der Waals surface area contributed by atoms with Gasteiger partial charge in [-0.25, -0.2) is 16.8 Å². The Bertz CT molecular complexity index is 1640. The number of benzene rings is 2. The van der Waals surface area contributed by atoms with E-state index in [4.69, 9.17) is 4.74 Å². The lowest BCUT2D eigenvalue weighted by atomic mass is 10.1. The molecule has 0 radical (unpaired) electrons.